The van der Waals surface area contributed by atoms with Gasteiger partial charge < -0.3 is 14.2 Å². The molecule has 0 fully saturated rings. The van der Waals surface area contributed by atoms with E-state index >= 15 is 0 Å². The summed E-state index contributed by atoms with van der Waals surface area (Å²) in [7, 11) is 0. The van der Waals surface area contributed by atoms with Gasteiger partial charge in [0.1, 0.15) is 13.2 Å². The molecule has 0 aliphatic heterocycles. The van der Waals surface area contributed by atoms with Crippen molar-refractivity contribution in [1.29, 1.82) is 0 Å². The van der Waals surface area contributed by atoms with Crippen LogP contribution in [0.4, 0.5) is 0 Å². The number of unbranched alkanes of at least 4 members (excludes halogenated alkanes) is 29. The molecule has 0 radical (unpaired) electrons. The van der Waals surface area contributed by atoms with Crippen LogP contribution >= 0.6 is 0 Å². The predicted octanol–water partition coefficient (Wildman–Crippen LogP) is 21.3. The molecule has 6 nitrogen and oxygen atoms in total. The predicted molar refractivity (Wildman–Crippen MR) is 320 cm³/mol. The molecule has 0 rings (SSSR count). The average Bonchev–Trinajstić information content (AvgIpc) is 3.40. The average molecular weight is 1030 g/mol. The first-order valence-corrected chi connectivity index (χ1v) is 31.2. The summed E-state index contributed by atoms with van der Waals surface area (Å²) in [5.41, 5.74) is 0. The van der Waals surface area contributed by atoms with Crippen molar-refractivity contribution in [3.63, 3.8) is 0 Å². The molecule has 0 amide bonds. The van der Waals surface area contributed by atoms with Gasteiger partial charge in [0.25, 0.3) is 0 Å². The van der Waals surface area contributed by atoms with Crippen LogP contribution in [-0.2, 0) is 28.6 Å². The molecule has 0 N–H and O–H groups in total. The van der Waals surface area contributed by atoms with Gasteiger partial charge in [0.2, 0.25) is 0 Å². The van der Waals surface area contributed by atoms with Crippen LogP contribution in [-0.4, -0.2) is 37.2 Å². The van der Waals surface area contributed by atoms with Crippen molar-refractivity contribution in [2.24, 2.45) is 0 Å². The van der Waals surface area contributed by atoms with Crippen LogP contribution in [0.15, 0.2) is 97.2 Å². The van der Waals surface area contributed by atoms with Crippen LogP contribution in [0.1, 0.15) is 297 Å². The van der Waals surface area contributed by atoms with Crippen molar-refractivity contribution >= 4 is 17.9 Å². The number of hydrogen-bond donors (Lipinski definition) is 0. The zero-order chi connectivity index (χ0) is 53.6. The summed E-state index contributed by atoms with van der Waals surface area (Å²) < 4.78 is 16.9. The van der Waals surface area contributed by atoms with Gasteiger partial charge in [0, 0.05) is 19.3 Å². The number of rotatable bonds is 56. The number of allylic oxidation sites excluding steroid dienone is 16. The van der Waals surface area contributed by atoms with Crippen LogP contribution in [0, 0.1) is 0 Å². The minimum Gasteiger partial charge on any atom is -0.462 e. The van der Waals surface area contributed by atoms with Crippen molar-refractivity contribution in [2.45, 2.75) is 303 Å². The molecule has 0 heterocycles. The lowest BCUT2D eigenvalue weighted by molar-refractivity contribution is -0.167. The Bertz CT molecular complexity index is 1460. The lowest BCUT2D eigenvalue weighted by Gasteiger charge is -2.18. The van der Waals surface area contributed by atoms with Crippen molar-refractivity contribution in [3.05, 3.63) is 97.2 Å². The largest absolute Gasteiger partial charge is 0.462 e. The third-order valence-electron chi connectivity index (χ3n) is 13.3. The molecule has 0 aliphatic rings. The Hall–Kier alpha value is -3.67. The molecule has 0 saturated carbocycles. The van der Waals surface area contributed by atoms with E-state index in [1.807, 2.05) is 0 Å². The molecule has 0 bridgehead atoms. The highest BCUT2D eigenvalue weighted by Crippen LogP contribution is 2.16. The van der Waals surface area contributed by atoms with Crippen LogP contribution < -0.4 is 0 Å². The third-order valence-corrected chi connectivity index (χ3v) is 13.3. The maximum absolute atomic E-state index is 12.9. The van der Waals surface area contributed by atoms with Crippen LogP contribution in [0.25, 0.3) is 0 Å². The highest BCUT2D eigenvalue weighted by atomic mass is 16.6. The van der Waals surface area contributed by atoms with E-state index in [4.69, 9.17) is 14.2 Å². The fraction of sp³-hybridized carbons (Fsp3) is 0.721. The van der Waals surface area contributed by atoms with Crippen LogP contribution in [0.5, 0.6) is 0 Å². The quantitative estimate of drug-likeness (QED) is 0.0261. The summed E-state index contributed by atoms with van der Waals surface area (Å²) in [6, 6.07) is 0. The first-order chi connectivity index (χ1) is 36.5. The van der Waals surface area contributed by atoms with Gasteiger partial charge in [-0.05, 0) is 96.3 Å². The van der Waals surface area contributed by atoms with E-state index in [9.17, 15) is 14.4 Å². The fourth-order valence-corrected chi connectivity index (χ4v) is 8.72. The summed E-state index contributed by atoms with van der Waals surface area (Å²) in [6.07, 6.45) is 82.6. The first kappa shape index (κ1) is 70.3. The summed E-state index contributed by atoms with van der Waals surface area (Å²) in [5, 5.41) is 0. The van der Waals surface area contributed by atoms with Gasteiger partial charge >= 0.3 is 17.9 Å². The molecule has 0 aromatic carbocycles. The second kappa shape index (κ2) is 61.9. The lowest BCUT2D eigenvalue weighted by atomic mass is 10.0. The van der Waals surface area contributed by atoms with E-state index in [0.29, 0.717) is 19.3 Å². The Morgan fingerprint density at radius 2 is 0.527 bits per heavy atom. The Kier molecular flexibility index (Phi) is 58.8. The minimum atomic E-state index is -0.785. The molecule has 74 heavy (non-hydrogen) atoms. The van der Waals surface area contributed by atoms with Crippen molar-refractivity contribution in [3.8, 4) is 0 Å². The van der Waals surface area contributed by atoms with E-state index in [2.05, 4.69) is 118 Å². The number of hydrogen-bond acceptors (Lipinski definition) is 6. The maximum atomic E-state index is 12.9. The number of carbonyl (C=O) groups is 3. The summed E-state index contributed by atoms with van der Waals surface area (Å²) in [6.45, 7) is 6.43. The van der Waals surface area contributed by atoms with Crippen molar-refractivity contribution < 1.29 is 28.6 Å². The number of carbonyl (C=O) groups excluding carboxylic acids is 3. The molecule has 0 aromatic rings. The Balaban J connectivity index is 4.35. The number of esters is 3. The van der Waals surface area contributed by atoms with Gasteiger partial charge in [-0.2, -0.15) is 0 Å². The molecule has 1 unspecified atom stereocenters. The van der Waals surface area contributed by atoms with E-state index in [1.54, 1.807) is 0 Å². The molecule has 0 saturated heterocycles. The zero-order valence-electron chi connectivity index (χ0n) is 48.6. The van der Waals surface area contributed by atoms with Crippen LogP contribution in [0.2, 0.25) is 0 Å². The van der Waals surface area contributed by atoms with E-state index in [1.165, 1.54) is 135 Å². The Morgan fingerprint density at radius 1 is 0.284 bits per heavy atom. The summed E-state index contributed by atoms with van der Waals surface area (Å²) >= 11 is 0. The third kappa shape index (κ3) is 59.2. The second-order valence-corrected chi connectivity index (χ2v) is 20.6. The molecule has 424 valence electrons. The lowest BCUT2D eigenvalue weighted by Crippen LogP contribution is -2.30. The van der Waals surface area contributed by atoms with Crippen molar-refractivity contribution in [1.82, 2.24) is 0 Å². The smallest absolute Gasteiger partial charge is 0.306 e. The van der Waals surface area contributed by atoms with Crippen LogP contribution in [0.3, 0.4) is 0 Å². The standard InChI is InChI=1S/C68H116O6/c1-4-7-10-13-16-19-22-25-28-30-31-32-33-34-35-36-37-39-40-43-46-49-52-55-58-61-67(70)73-64-65(63-72-66(69)60-57-54-51-48-45-42-27-24-21-18-15-12-9-6-3)74-68(71)62-59-56-53-50-47-44-41-38-29-26-23-20-17-14-11-8-5-2/h7-8,10-11,16-17,19-20,25-26,28-29,31-32,34-35,65H,4-6,9,12-15,18,21-24,27,30,33,36-64H2,1-3H3/b10-7-,11-8-,19-16-,20-17-,28-25-,29-26-,32-31-,35-34-. The molecular formula is C68H116O6. The second-order valence-electron chi connectivity index (χ2n) is 20.6. The SMILES string of the molecule is CC/C=C\C/C=C\C/C=C\C/C=C\C/C=C\CCCCCCCCCCCC(=O)OCC(COC(=O)CCCCCCCCCCCCCCCC)OC(=O)CCCCCCCCC/C=C\C/C=C\C/C=C\CC. The molecular weight excluding hydrogens is 913 g/mol. The monoisotopic (exact) mass is 1030 g/mol. The minimum absolute atomic E-state index is 0.0810. The van der Waals surface area contributed by atoms with Gasteiger partial charge in [-0.15, -0.1) is 0 Å². The van der Waals surface area contributed by atoms with Crippen molar-refractivity contribution in [2.75, 3.05) is 13.2 Å². The van der Waals surface area contributed by atoms with Gasteiger partial charge in [-0.25, -0.2) is 0 Å². The number of ether oxygens (including phenoxy) is 3. The molecule has 0 aliphatic carbocycles. The topological polar surface area (TPSA) is 78.9 Å². The van der Waals surface area contributed by atoms with Gasteiger partial charge in [0.15, 0.2) is 6.10 Å². The van der Waals surface area contributed by atoms with Gasteiger partial charge in [-0.3, -0.25) is 14.4 Å². The fourth-order valence-electron chi connectivity index (χ4n) is 8.72. The molecule has 0 spiro atoms. The van der Waals surface area contributed by atoms with E-state index < -0.39 is 6.10 Å². The highest BCUT2D eigenvalue weighted by Gasteiger charge is 2.19. The molecule has 1 atom stereocenters. The maximum Gasteiger partial charge on any atom is 0.306 e. The summed E-state index contributed by atoms with van der Waals surface area (Å²) in [4.78, 5) is 38.3. The zero-order valence-corrected chi connectivity index (χ0v) is 48.6. The first-order valence-electron chi connectivity index (χ1n) is 31.2. The Morgan fingerprint density at radius 3 is 0.824 bits per heavy atom. The van der Waals surface area contributed by atoms with Gasteiger partial charge in [0.05, 0.1) is 0 Å². The summed E-state index contributed by atoms with van der Waals surface area (Å²) in [5.74, 6) is -0.887. The Labute approximate surface area is 457 Å². The highest BCUT2D eigenvalue weighted by molar-refractivity contribution is 5.71. The molecule has 0 aromatic heterocycles. The van der Waals surface area contributed by atoms with E-state index in [0.717, 1.165) is 122 Å². The molecule has 6 heteroatoms. The van der Waals surface area contributed by atoms with Gasteiger partial charge in [-0.1, -0.05) is 279 Å². The van der Waals surface area contributed by atoms with E-state index in [-0.39, 0.29) is 31.1 Å². The normalized spacial score (nSPS) is 12.7.